The quantitative estimate of drug-likeness (QED) is 0.767. The van der Waals surface area contributed by atoms with E-state index in [0.29, 0.717) is 10.3 Å². The van der Waals surface area contributed by atoms with Crippen LogP contribution in [0.3, 0.4) is 0 Å². The highest BCUT2D eigenvalue weighted by Gasteiger charge is 2.04. The minimum absolute atomic E-state index is 0.320. The number of nitrogens with zero attached hydrogens (tertiary/aromatic N) is 3. The third-order valence-corrected chi connectivity index (χ3v) is 1.93. The maximum Gasteiger partial charge on any atom is 0.148 e. The number of rotatable bonds is 1. The smallest absolute Gasteiger partial charge is 0.148 e. The Bertz CT molecular complexity index is 427. The Morgan fingerprint density at radius 2 is 2.08 bits per heavy atom. The molecule has 0 saturated carbocycles. The van der Waals surface area contributed by atoms with Crippen molar-refractivity contribution in [3.63, 3.8) is 0 Å². The third kappa shape index (κ3) is 1.60. The number of hydrogen-bond donors (Lipinski definition) is 0. The van der Waals surface area contributed by atoms with Gasteiger partial charge in [-0.3, -0.25) is 0 Å². The van der Waals surface area contributed by atoms with Gasteiger partial charge in [0.15, 0.2) is 0 Å². The molecule has 13 heavy (non-hydrogen) atoms. The van der Waals surface area contributed by atoms with Gasteiger partial charge in [-0.1, -0.05) is 17.3 Å². The van der Waals surface area contributed by atoms with E-state index in [1.165, 1.54) is 10.7 Å². The summed E-state index contributed by atoms with van der Waals surface area (Å²) in [6.45, 7) is 0. The zero-order valence-corrected chi connectivity index (χ0v) is 8.07. The summed E-state index contributed by atoms with van der Waals surface area (Å²) in [5.74, 6) is -0.320. The zero-order chi connectivity index (χ0) is 9.26. The van der Waals surface area contributed by atoms with Gasteiger partial charge in [-0.05, 0) is 28.1 Å². The van der Waals surface area contributed by atoms with E-state index in [1.807, 2.05) is 0 Å². The molecule has 1 heterocycles. The van der Waals surface area contributed by atoms with E-state index in [4.69, 9.17) is 0 Å². The van der Waals surface area contributed by atoms with Crippen molar-refractivity contribution >= 4 is 15.9 Å². The Kier molecular flexibility index (Phi) is 2.10. The van der Waals surface area contributed by atoms with Crippen molar-refractivity contribution in [1.82, 2.24) is 15.0 Å². The highest BCUT2D eigenvalue weighted by Crippen LogP contribution is 2.12. The fourth-order valence-corrected chi connectivity index (χ4v) is 1.26. The first-order valence-electron chi connectivity index (χ1n) is 3.60. The number of para-hydroxylation sites is 1. The monoisotopic (exact) mass is 241 g/mol. The molecule has 1 aromatic heterocycles. The number of aromatic nitrogens is 3. The van der Waals surface area contributed by atoms with Crippen LogP contribution in [0.1, 0.15) is 0 Å². The molecule has 0 radical (unpaired) electrons. The third-order valence-electron chi connectivity index (χ3n) is 1.56. The Morgan fingerprint density at radius 3 is 2.69 bits per heavy atom. The van der Waals surface area contributed by atoms with Gasteiger partial charge in [-0.2, -0.15) is 0 Å². The van der Waals surface area contributed by atoms with E-state index >= 15 is 0 Å². The minimum Gasteiger partial charge on any atom is -0.217 e. The van der Waals surface area contributed by atoms with Crippen molar-refractivity contribution in [2.75, 3.05) is 0 Å². The fraction of sp³-hybridized carbons (Fsp3) is 0. The molecule has 0 unspecified atom stereocenters. The summed E-state index contributed by atoms with van der Waals surface area (Å²) >= 11 is 3.14. The molecule has 0 bridgehead atoms. The zero-order valence-electron chi connectivity index (χ0n) is 6.48. The highest BCUT2D eigenvalue weighted by molar-refractivity contribution is 9.10. The normalized spacial score (nSPS) is 10.3. The molecule has 0 spiro atoms. The number of benzene rings is 1. The number of hydrogen-bond acceptors (Lipinski definition) is 2. The van der Waals surface area contributed by atoms with Crippen LogP contribution in [0.15, 0.2) is 35.1 Å². The van der Waals surface area contributed by atoms with Gasteiger partial charge in [0, 0.05) is 0 Å². The summed E-state index contributed by atoms with van der Waals surface area (Å²) in [5, 5.41) is 7.42. The lowest BCUT2D eigenvalue weighted by Crippen LogP contribution is -1.97. The Labute approximate surface area is 82.3 Å². The maximum atomic E-state index is 13.2. The Hall–Kier alpha value is -1.23. The van der Waals surface area contributed by atoms with Gasteiger partial charge >= 0.3 is 0 Å². The lowest BCUT2D eigenvalue weighted by atomic mass is 10.3. The van der Waals surface area contributed by atoms with E-state index in [9.17, 15) is 4.39 Å². The van der Waals surface area contributed by atoms with Gasteiger partial charge in [0.1, 0.15) is 16.1 Å². The van der Waals surface area contributed by atoms with Crippen LogP contribution in [-0.4, -0.2) is 15.0 Å². The molecule has 0 saturated heterocycles. The van der Waals surface area contributed by atoms with Gasteiger partial charge in [0.05, 0.1) is 6.20 Å². The van der Waals surface area contributed by atoms with Crippen LogP contribution in [0.25, 0.3) is 5.69 Å². The molecule has 2 rings (SSSR count). The van der Waals surface area contributed by atoms with Gasteiger partial charge in [0.25, 0.3) is 0 Å². The molecule has 3 nitrogen and oxygen atoms in total. The predicted octanol–water partition coefficient (Wildman–Crippen LogP) is 2.17. The maximum absolute atomic E-state index is 13.2. The highest BCUT2D eigenvalue weighted by atomic mass is 79.9. The predicted molar refractivity (Wildman–Crippen MR) is 49.0 cm³/mol. The van der Waals surface area contributed by atoms with E-state index in [1.54, 1.807) is 24.4 Å². The van der Waals surface area contributed by atoms with Crippen molar-refractivity contribution in [2.24, 2.45) is 0 Å². The molecule has 0 amide bonds. The van der Waals surface area contributed by atoms with Crippen molar-refractivity contribution in [1.29, 1.82) is 0 Å². The summed E-state index contributed by atoms with van der Waals surface area (Å²) in [6.07, 6.45) is 1.60. The summed E-state index contributed by atoms with van der Waals surface area (Å²) in [5.41, 5.74) is 0.390. The average Bonchev–Trinajstić information content (AvgIpc) is 2.53. The summed E-state index contributed by atoms with van der Waals surface area (Å²) in [4.78, 5) is 0. The van der Waals surface area contributed by atoms with E-state index in [2.05, 4.69) is 26.2 Å². The van der Waals surface area contributed by atoms with Crippen molar-refractivity contribution in [3.8, 4) is 5.69 Å². The lowest BCUT2D eigenvalue weighted by molar-refractivity contribution is 0.607. The summed E-state index contributed by atoms with van der Waals surface area (Å²) in [6, 6.07) is 6.39. The van der Waals surface area contributed by atoms with E-state index in [0.717, 1.165) is 0 Å². The van der Waals surface area contributed by atoms with Crippen molar-refractivity contribution < 1.29 is 4.39 Å². The van der Waals surface area contributed by atoms with E-state index in [-0.39, 0.29) is 5.82 Å². The van der Waals surface area contributed by atoms with Crippen LogP contribution >= 0.6 is 15.9 Å². The molecule has 0 atom stereocenters. The topological polar surface area (TPSA) is 30.7 Å². The first kappa shape index (κ1) is 8.37. The van der Waals surface area contributed by atoms with Crippen LogP contribution in [-0.2, 0) is 0 Å². The molecule has 1 aromatic carbocycles. The van der Waals surface area contributed by atoms with Crippen LogP contribution < -0.4 is 0 Å². The Morgan fingerprint density at radius 1 is 1.31 bits per heavy atom. The van der Waals surface area contributed by atoms with Gasteiger partial charge < -0.3 is 0 Å². The molecule has 2 aromatic rings. The molecule has 0 aliphatic heterocycles. The lowest BCUT2D eigenvalue weighted by Gasteiger charge is -1.99. The van der Waals surface area contributed by atoms with Crippen molar-refractivity contribution in [3.05, 3.63) is 40.9 Å². The molecular formula is C8H5BrFN3. The SMILES string of the molecule is Fc1ccccc1-n1cc(Br)nn1. The molecule has 0 fully saturated rings. The fourth-order valence-electron chi connectivity index (χ4n) is 0.999. The first-order valence-corrected chi connectivity index (χ1v) is 4.39. The molecular weight excluding hydrogens is 237 g/mol. The van der Waals surface area contributed by atoms with Gasteiger partial charge in [-0.25, -0.2) is 9.07 Å². The number of halogens is 2. The molecule has 66 valence electrons. The second kappa shape index (κ2) is 3.26. The van der Waals surface area contributed by atoms with Crippen LogP contribution in [0.5, 0.6) is 0 Å². The molecule has 0 aliphatic rings. The van der Waals surface area contributed by atoms with Crippen molar-refractivity contribution in [2.45, 2.75) is 0 Å². The van der Waals surface area contributed by atoms with E-state index < -0.39 is 0 Å². The molecule has 0 N–H and O–H groups in total. The first-order chi connectivity index (χ1) is 6.27. The van der Waals surface area contributed by atoms with Crippen LogP contribution in [0, 0.1) is 5.82 Å². The second-order valence-corrected chi connectivity index (χ2v) is 3.25. The molecule has 5 heteroatoms. The van der Waals surface area contributed by atoms with Gasteiger partial charge in [0.2, 0.25) is 0 Å². The van der Waals surface area contributed by atoms with Crippen LogP contribution in [0.2, 0.25) is 0 Å². The molecule has 0 aliphatic carbocycles. The Balaban J connectivity index is 2.52. The minimum atomic E-state index is -0.320. The van der Waals surface area contributed by atoms with Gasteiger partial charge in [-0.15, -0.1) is 5.10 Å². The standard InChI is InChI=1S/C8H5BrFN3/c9-8-5-13(12-11-8)7-4-2-1-3-6(7)10/h1-5H. The van der Waals surface area contributed by atoms with Crippen LogP contribution in [0.4, 0.5) is 4.39 Å². The summed E-state index contributed by atoms with van der Waals surface area (Å²) in [7, 11) is 0. The summed E-state index contributed by atoms with van der Waals surface area (Å²) < 4.78 is 15.1. The second-order valence-electron chi connectivity index (χ2n) is 2.44. The average molecular weight is 242 g/mol. The largest absolute Gasteiger partial charge is 0.217 e.